The average molecular weight is 1200 g/mol. The van der Waals surface area contributed by atoms with E-state index in [1.54, 1.807) is 0 Å². The fraction of sp³-hybridized carbons (Fsp3) is 0. The van der Waals surface area contributed by atoms with E-state index in [9.17, 15) is 0 Å². The van der Waals surface area contributed by atoms with Crippen LogP contribution in [0.2, 0.25) is 0 Å². The summed E-state index contributed by atoms with van der Waals surface area (Å²) < 4.78 is 9.38. The van der Waals surface area contributed by atoms with Crippen LogP contribution in [0.1, 0.15) is 0 Å². The van der Waals surface area contributed by atoms with Gasteiger partial charge in [-0.1, -0.05) is 255 Å². The van der Waals surface area contributed by atoms with Crippen molar-refractivity contribution in [3.63, 3.8) is 0 Å². The summed E-state index contributed by atoms with van der Waals surface area (Å²) in [5.41, 5.74) is 19.7. The molecule has 19 rings (SSSR count). The first-order valence-electron chi connectivity index (χ1n) is 31.8. The van der Waals surface area contributed by atoms with Crippen molar-refractivity contribution in [1.29, 1.82) is 0 Å². The molecule has 0 amide bonds. The van der Waals surface area contributed by atoms with Crippen LogP contribution in [0, 0.1) is 0 Å². The van der Waals surface area contributed by atoms with Crippen LogP contribution in [0.4, 0.5) is 0 Å². The zero-order chi connectivity index (χ0) is 62.1. The Morgan fingerprint density at radius 3 is 0.798 bits per heavy atom. The van der Waals surface area contributed by atoms with Gasteiger partial charge in [-0.15, -0.1) is 0 Å². The number of rotatable bonds is 9. The average Bonchev–Trinajstić information content (AvgIpc) is 1.56. The number of nitrogens with zero attached hydrogens (tertiary/aromatic N) is 8. The van der Waals surface area contributed by atoms with Gasteiger partial charge in [-0.25, -0.2) is 19.9 Å². The van der Waals surface area contributed by atoms with E-state index in [0.717, 1.165) is 78.7 Å². The molecule has 94 heavy (non-hydrogen) atoms. The van der Waals surface area contributed by atoms with Gasteiger partial charge in [0.05, 0.1) is 55.5 Å². The molecule has 6 aromatic heterocycles. The maximum absolute atomic E-state index is 5.28. The summed E-state index contributed by atoms with van der Waals surface area (Å²) in [7, 11) is 0. The molecule has 0 saturated carbocycles. The van der Waals surface area contributed by atoms with Crippen molar-refractivity contribution in [3.8, 4) is 79.4 Å². The summed E-state index contributed by atoms with van der Waals surface area (Å²) in [4.78, 5) is 20.7. The summed E-state index contributed by atoms with van der Waals surface area (Å²) in [6, 6.07) is 119. The van der Waals surface area contributed by atoms with E-state index in [2.05, 4.69) is 309 Å². The summed E-state index contributed by atoms with van der Waals surface area (Å²) in [5, 5.41) is 9.79. The largest absolute Gasteiger partial charge is 0.309 e. The zero-order valence-electron chi connectivity index (χ0n) is 50.9. The quantitative estimate of drug-likeness (QED) is 0.144. The van der Waals surface area contributed by atoms with E-state index < -0.39 is 0 Å². The third-order valence-electron chi connectivity index (χ3n) is 18.3. The van der Waals surface area contributed by atoms with Crippen LogP contribution in [0.15, 0.2) is 340 Å². The summed E-state index contributed by atoms with van der Waals surface area (Å²) >= 11 is 0. The van der Waals surface area contributed by atoms with Gasteiger partial charge < -0.3 is 9.13 Å². The maximum atomic E-state index is 5.28. The molecule has 6 heterocycles. The Bertz CT molecular complexity index is 6000. The Balaban J connectivity index is 0.000000139. The van der Waals surface area contributed by atoms with Gasteiger partial charge in [0.1, 0.15) is 11.6 Å². The van der Waals surface area contributed by atoms with Crippen molar-refractivity contribution in [3.05, 3.63) is 340 Å². The highest BCUT2D eigenvalue weighted by atomic mass is 15.1. The molecule has 0 aliphatic heterocycles. The minimum Gasteiger partial charge on any atom is -0.309 e. The Morgan fingerprint density at radius 1 is 0.181 bits per heavy atom. The fourth-order valence-electron chi connectivity index (χ4n) is 14.1. The molecule has 0 unspecified atom stereocenters. The molecule has 8 heteroatoms. The molecule has 0 radical (unpaired) electrons. The van der Waals surface area contributed by atoms with Gasteiger partial charge in [0.25, 0.3) is 0 Å². The van der Waals surface area contributed by atoms with Crippen molar-refractivity contribution in [2.75, 3.05) is 0 Å². The highest BCUT2D eigenvalue weighted by Crippen LogP contribution is 2.45. The molecule has 8 nitrogen and oxygen atoms in total. The van der Waals surface area contributed by atoms with Crippen LogP contribution in [-0.4, -0.2) is 38.2 Å². The van der Waals surface area contributed by atoms with E-state index in [-0.39, 0.29) is 0 Å². The SMILES string of the molecule is c1ccc(-c2cc(-n3c4ccccc4c4c5c6ccccc6n(-c6ccccc6)c5ccc43)nc(-c3ccccc3)n2)cc1.c1ccc(-c2ccc(-c3cc(-n4c5ccccc5c5c6c7ccccc7n(-c7ccccc7)c6ccc54)nc(-c4ccccc4)n3)cc2)cc1. The molecule has 0 aliphatic carbocycles. The molecule has 0 atom stereocenters. The lowest BCUT2D eigenvalue weighted by Crippen LogP contribution is -2.02. The molecule has 19 aromatic rings. The van der Waals surface area contributed by atoms with Crippen molar-refractivity contribution in [2.45, 2.75) is 0 Å². The highest BCUT2D eigenvalue weighted by Gasteiger charge is 2.25. The number of benzene rings is 13. The van der Waals surface area contributed by atoms with E-state index in [0.29, 0.717) is 11.6 Å². The van der Waals surface area contributed by atoms with E-state index >= 15 is 0 Å². The Morgan fingerprint density at radius 2 is 0.436 bits per heavy atom. The topological polar surface area (TPSA) is 71.3 Å². The first-order chi connectivity index (χ1) is 46.7. The molecular weight excluding hydrogens is 1150 g/mol. The number of hydrogen-bond acceptors (Lipinski definition) is 4. The van der Waals surface area contributed by atoms with Crippen LogP contribution in [0.25, 0.3) is 167 Å². The Labute approximate surface area is 541 Å². The van der Waals surface area contributed by atoms with Gasteiger partial charge in [0, 0.05) is 88.9 Å². The fourth-order valence-corrected chi connectivity index (χ4v) is 14.1. The van der Waals surface area contributed by atoms with Gasteiger partial charge in [-0.2, -0.15) is 0 Å². The van der Waals surface area contributed by atoms with Crippen LogP contribution < -0.4 is 0 Å². The summed E-state index contributed by atoms with van der Waals surface area (Å²) in [6.07, 6.45) is 0. The summed E-state index contributed by atoms with van der Waals surface area (Å²) in [5.74, 6) is 3.07. The van der Waals surface area contributed by atoms with Gasteiger partial charge in [0.15, 0.2) is 11.6 Å². The van der Waals surface area contributed by atoms with Crippen LogP contribution in [0.5, 0.6) is 0 Å². The molecule has 0 fully saturated rings. The lowest BCUT2D eigenvalue weighted by molar-refractivity contribution is 1.05. The molecule has 0 N–H and O–H groups in total. The molecule has 0 saturated heterocycles. The number of para-hydroxylation sites is 6. The van der Waals surface area contributed by atoms with Crippen LogP contribution >= 0.6 is 0 Å². The molecule has 440 valence electrons. The molecule has 13 aromatic carbocycles. The second kappa shape index (κ2) is 22.6. The minimum atomic E-state index is 0.693. The number of fused-ring (bicyclic) bond motifs is 14. The monoisotopic (exact) mass is 1200 g/mol. The van der Waals surface area contributed by atoms with E-state index in [1.165, 1.54) is 76.3 Å². The maximum Gasteiger partial charge on any atom is 0.162 e. The third-order valence-corrected chi connectivity index (χ3v) is 18.3. The first kappa shape index (κ1) is 54.2. The third kappa shape index (κ3) is 9.07. The van der Waals surface area contributed by atoms with Crippen LogP contribution in [-0.2, 0) is 0 Å². The highest BCUT2D eigenvalue weighted by molar-refractivity contribution is 6.30. The summed E-state index contributed by atoms with van der Waals surface area (Å²) in [6.45, 7) is 0. The second-order valence-corrected chi connectivity index (χ2v) is 23.7. The van der Waals surface area contributed by atoms with Gasteiger partial charge >= 0.3 is 0 Å². The number of aromatic nitrogens is 8. The molecular formula is C86H56N8. The lowest BCUT2D eigenvalue weighted by Gasteiger charge is -2.12. The second-order valence-electron chi connectivity index (χ2n) is 23.7. The van der Waals surface area contributed by atoms with Gasteiger partial charge in [-0.05, 0) is 83.9 Å². The standard InChI is InChI=1S/C46H30N4.C40H26N4/c1-4-14-31(15-5-1)32-24-26-33(27-25-32)38-30-43(48-46(47-38)34-16-6-2-7-17-34)50-40-23-13-11-21-37(40)45-42(50)29-28-41-44(45)36-20-10-12-22-39(36)49(41)35-18-8-3-9-19-35;1-4-14-27(15-5-1)32-26-37(42-40(41-32)28-16-6-2-7-17-28)44-34-23-13-11-21-31(34)39-36(44)25-24-35-38(39)30-20-10-12-22-33(30)43(35)29-18-8-3-9-19-29/h1-30H;1-26H. The molecule has 0 bridgehead atoms. The van der Waals surface area contributed by atoms with Gasteiger partial charge in [-0.3, -0.25) is 9.13 Å². The van der Waals surface area contributed by atoms with Crippen molar-refractivity contribution < 1.29 is 0 Å². The Hall–Kier alpha value is -12.8. The Kier molecular flexibility index (Phi) is 13.0. The van der Waals surface area contributed by atoms with Gasteiger partial charge in [0.2, 0.25) is 0 Å². The van der Waals surface area contributed by atoms with E-state index in [1.807, 2.05) is 48.5 Å². The predicted molar refractivity (Wildman–Crippen MR) is 389 cm³/mol. The normalized spacial score (nSPS) is 11.6. The van der Waals surface area contributed by atoms with E-state index in [4.69, 9.17) is 19.9 Å². The number of hydrogen-bond donors (Lipinski definition) is 0. The molecule has 0 aliphatic rings. The smallest absolute Gasteiger partial charge is 0.162 e. The predicted octanol–water partition coefficient (Wildman–Crippen LogP) is 21.7. The van der Waals surface area contributed by atoms with Crippen molar-refractivity contribution >= 4 is 87.2 Å². The van der Waals surface area contributed by atoms with Crippen molar-refractivity contribution in [1.82, 2.24) is 38.2 Å². The zero-order valence-corrected chi connectivity index (χ0v) is 50.9. The minimum absolute atomic E-state index is 0.693. The molecule has 0 spiro atoms. The first-order valence-corrected chi connectivity index (χ1v) is 31.8. The van der Waals surface area contributed by atoms with Crippen LogP contribution in [0.3, 0.4) is 0 Å². The lowest BCUT2D eigenvalue weighted by atomic mass is 10.0. The van der Waals surface area contributed by atoms with Crippen molar-refractivity contribution in [2.24, 2.45) is 0 Å².